The molecule has 0 aromatic heterocycles. The van der Waals surface area contributed by atoms with Crippen molar-refractivity contribution in [3.8, 4) is 0 Å². The van der Waals surface area contributed by atoms with Crippen molar-refractivity contribution in [1.82, 2.24) is 10.2 Å². The van der Waals surface area contributed by atoms with Crippen molar-refractivity contribution >= 4 is 12.0 Å². The minimum absolute atomic E-state index is 0.223. The van der Waals surface area contributed by atoms with Crippen LogP contribution in [0.15, 0.2) is 0 Å². The molecule has 122 valence electrons. The Morgan fingerprint density at radius 3 is 2.67 bits per heavy atom. The van der Waals surface area contributed by atoms with E-state index in [0.29, 0.717) is 38.6 Å². The number of urea groups is 1. The lowest BCUT2D eigenvalue weighted by atomic mass is 10.1. The summed E-state index contributed by atoms with van der Waals surface area (Å²) in [6.45, 7) is 6.01. The molecule has 0 aromatic carbocycles. The molecule has 1 heterocycles. The van der Waals surface area contributed by atoms with Gasteiger partial charge in [0.15, 0.2) is 0 Å². The molecule has 0 radical (unpaired) electrons. The number of likely N-dealkylation sites (tertiary alicyclic amines) is 1. The molecule has 0 spiro atoms. The Labute approximate surface area is 125 Å². The third-order valence-electron chi connectivity index (χ3n) is 3.50. The number of aliphatic carboxylic acids is 1. The van der Waals surface area contributed by atoms with Gasteiger partial charge >= 0.3 is 12.0 Å². The van der Waals surface area contributed by atoms with E-state index in [1.54, 1.807) is 0 Å². The highest BCUT2D eigenvalue weighted by molar-refractivity contribution is 5.83. The van der Waals surface area contributed by atoms with E-state index in [9.17, 15) is 9.59 Å². The lowest BCUT2D eigenvalue weighted by molar-refractivity contribution is -0.141. The molecule has 2 amide bonds. The maximum atomic E-state index is 12.0. The van der Waals surface area contributed by atoms with E-state index in [0.717, 1.165) is 6.42 Å². The molecule has 0 aliphatic carbocycles. The summed E-state index contributed by atoms with van der Waals surface area (Å²) in [6, 6.07) is -1.20. The zero-order valence-electron chi connectivity index (χ0n) is 13.0. The van der Waals surface area contributed by atoms with Crippen molar-refractivity contribution in [1.29, 1.82) is 0 Å². The summed E-state index contributed by atoms with van der Waals surface area (Å²) in [7, 11) is 1.52. The third-order valence-corrected chi connectivity index (χ3v) is 3.50. The zero-order chi connectivity index (χ0) is 15.8. The Kier molecular flexibility index (Phi) is 7.45. The Balaban J connectivity index is 2.28. The summed E-state index contributed by atoms with van der Waals surface area (Å²) >= 11 is 0. The summed E-state index contributed by atoms with van der Waals surface area (Å²) in [6.07, 6.45) is 1.08. The highest BCUT2D eigenvalue weighted by atomic mass is 16.5. The predicted octanol–water partition coefficient (Wildman–Crippen LogP) is 0.933. The van der Waals surface area contributed by atoms with Gasteiger partial charge in [-0.15, -0.1) is 0 Å². The van der Waals surface area contributed by atoms with Crippen molar-refractivity contribution in [2.45, 2.75) is 38.8 Å². The van der Waals surface area contributed by atoms with E-state index >= 15 is 0 Å². The highest BCUT2D eigenvalue weighted by Gasteiger charge is 2.39. The monoisotopic (exact) mass is 302 g/mol. The summed E-state index contributed by atoms with van der Waals surface area (Å²) < 4.78 is 10.5. The molecule has 0 saturated carbocycles. The van der Waals surface area contributed by atoms with Crippen LogP contribution in [0.1, 0.15) is 26.7 Å². The third kappa shape index (κ3) is 5.89. The van der Waals surface area contributed by atoms with Crippen LogP contribution in [0.4, 0.5) is 4.79 Å². The van der Waals surface area contributed by atoms with Gasteiger partial charge in [0, 0.05) is 33.2 Å². The van der Waals surface area contributed by atoms with Crippen LogP contribution in [-0.2, 0) is 14.3 Å². The number of carbonyl (C=O) groups is 2. The molecule has 0 aromatic rings. The minimum Gasteiger partial charge on any atom is -0.480 e. The van der Waals surface area contributed by atoms with Gasteiger partial charge in [0.2, 0.25) is 0 Å². The van der Waals surface area contributed by atoms with Crippen molar-refractivity contribution in [3.05, 3.63) is 0 Å². The van der Waals surface area contributed by atoms with Crippen molar-refractivity contribution in [2.24, 2.45) is 5.92 Å². The Bertz CT molecular complexity index is 348. The van der Waals surface area contributed by atoms with Gasteiger partial charge in [-0.2, -0.15) is 0 Å². The second-order valence-corrected chi connectivity index (χ2v) is 5.63. The number of hydrogen-bond donors (Lipinski definition) is 2. The van der Waals surface area contributed by atoms with E-state index in [4.69, 9.17) is 14.6 Å². The fraction of sp³-hybridized carbons (Fsp3) is 0.857. The van der Waals surface area contributed by atoms with Crippen LogP contribution in [-0.4, -0.2) is 67.6 Å². The van der Waals surface area contributed by atoms with Gasteiger partial charge in [0.05, 0.1) is 12.7 Å². The van der Waals surface area contributed by atoms with Crippen LogP contribution in [0.3, 0.4) is 0 Å². The lowest BCUT2D eigenvalue weighted by Crippen LogP contribution is -2.47. The van der Waals surface area contributed by atoms with Crippen LogP contribution in [0.5, 0.6) is 0 Å². The van der Waals surface area contributed by atoms with Gasteiger partial charge in [-0.25, -0.2) is 9.59 Å². The molecule has 21 heavy (non-hydrogen) atoms. The van der Waals surface area contributed by atoms with Crippen LogP contribution in [0.2, 0.25) is 0 Å². The maximum absolute atomic E-state index is 12.0. The number of carboxylic acids is 1. The van der Waals surface area contributed by atoms with E-state index in [2.05, 4.69) is 19.2 Å². The molecule has 0 bridgehead atoms. The Morgan fingerprint density at radius 1 is 1.38 bits per heavy atom. The largest absolute Gasteiger partial charge is 0.480 e. The zero-order valence-corrected chi connectivity index (χ0v) is 13.0. The molecule has 7 heteroatoms. The molecule has 1 rings (SSSR count). The molecule has 1 fully saturated rings. The number of hydrogen-bond acceptors (Lipinski definition) is 4. The second-order valence-electron chi connectivity index (χ2n) is 5.63. The molecule has 1 aliphatic heterocycles. The van der Waals surface area contributed by atoms with E-state index in [-0.39, 0.29) is 12.1 Å². The number of methoxy groups -OCH3 is 1. The molecule has 1 aliphatic rings. The molecular formula is C14H26N2O5. The first kappa shape index (κ1) is 17.7. The SMILES string of the molecule is COC1CC(C(=O)O)N(C(=O)NCCOCCC(C)C)C1. The lowest BCUT2D eigenvalue weighted by Gasteiger charge is -2.21. The smallest absolute Gasteiger partial charge is 0.326 e. The first-order chi connectivity index (χ1) is 9.95. The predicted molar refractivity (Wildman–Crippen MR) is 77.2 cm³/mol. The first-order valence-corrected chi connectivity index (χ1v) is 7.33. The summed E-state index contributed by atoms with van der Waals surface area (Å²) in [5.74, 6) is -0.413. The fourth-order valence-corrected chi connectivity index (χ4v) is 2.18. The van der Waals surface area contributed by atoms with E-state index in [1.807, 2.05) is 0 Å². The molecule has 2 atom stereocenters. The van der Waals surface area contributed by atoms with Crippen LogP contribution in [0.25, 0.3) is 0 Å². The van der Waals surface area contributed by atoms with Gasteiger partial charge in [0.25, 0.3) is 0 Å². The number of nitrogens with one attached hydrogen (secondary N) is 1. The number of ether oxygens (including phenoxy) is 2. The van der Waals surface area contributed by atoms with Gasteiger partial charge < -0.3 is 24.8 Å². The van der Waals surface area contributed by atoms with Gasteiger partial charge in [-0.05, 0) is 12.3 Å². The van der Waals surface area contributed by atoms with Gasteiger partial charge in [-0.3, -0.25) is 0 Å². The minimum atomic E-state index is -1.00. The number of rotatable bonds is 8. The van der Waals surface area contributed by atoms with Crippen molar-refractivity contribution < 1.29 is 24.2 Å². The summed E-state index contributed by atoms with van der Waals surface area (Å²) in [5, 5.41) is 11.8. The van der Waals surface area contributed by atoms with E-state index < -0.39 is 12.0 Å². The van der Waals surface area contributed by atoms with Gasteiger partial charge in [-0.1, -0.05) is 13.8 Å². The molecule has 7 nitrogen and oxygen atoms in total. The van der Waals surface area contributed by atoms with Crippen LogP contribution < -0.4 is 5.32 Å². The number of carboxylic acid groups (broad SMARTS) is 1. The standard InChI is InChI=1S/C14H26N2O5/c1-10(2)4-6-21-7-5-15-14(19)16-9-11(20-3)8-12(16)13(17)18/h10-12H,4-9H2,1-3H3,(H,15,19)(H,17,18). The molecule has 2 unspecified atom stereocenters. The summed E-state index contributed by atoms with van der Waals surface area (Å²) in [5.41, 5.74) is 0. The quantitative estimate of drug-likeness (QED) is 0.651. The number of nitrogens with zero attached hydrogens (tertiary/aromatic N) is 1. The Hall–Kier alpha value is -1.34. The highest BCUT2D eigenvalue weighted by Crippen LogP contribution is 2.20. The second kappa shape index (κ2) is 8.84. The molecular weight excluding hydrogens is 276 g/mol. The van der Waals surface area contributed by atoms with Gasteiger partial charge in [0.1, 0.15) is 6.04 Å². The molecule has 1 saturated heterocycles. The fourth-order valence-electron chi connectivity index (χ4n) is 2.18. The average molecular weight is 302 g/mol. The van der Waals surface area contributed by atoms with Crippen LogP contribution >= 0.6 is 0 Å². The Morgan fingerprint density at radius 2 is 2.10 bits per heavy atom. The van der Waals surface area contributed by atoms with Crippen molar-refractivity contribution in [3.63, 3.8) is 0 Å². The number of carbonyl (C=O) groups excluding carboxylic acids is 1. The topological polar surface area (TPSA) is 88.1 Å². The molecule has 2 N–H and O–H groups in total. The van der Waals surface area contributed by atoms with Crippen LogP contribution in [0, 0.1) is 5.92 Å². The van der Waals surface area contributed by atoms with Crippen molar-refractivity contribution in [2.75, 3.05) is 33.4 Å². The summed E-state index contributed by atoms with van der Waals surface area (Å²) in [4.78, 5) is 24.5. The first-order valence-electron chi connectivity index (χ1n) is 7.33. The average Bonchev–Trinajstić information content (AvgIpc) is 2.86. The number of amides is 2. The normalized spacial score (nSPS) is 21.8. The maximum Gasteiger partial charge on any atom is 0.326 e. The van der Waals surface area contributed by atoms with E-state index in [1.165, 1.54) is 12.0 Å².